The second-order valence-corrected chi connectivity index (χ2v) is 7.43. The van der Waals surface area contributed by atoms with Crippen molar-refractivity contribution in [1.29, 1.82) is 0 Å². The van der Waals surface area contributed by atoms with Crippen molar-refractivity contribution < 1.29 is 13.2 Å². The van der Waals surface area contributed by atoms with Crippen molar-refractivity contribution in [3.8, 4) is 16.9 Å². The maximum atomic E-state index is 13.0. The summed E-state index contributed by atoms with van der Waals surface area (Å²) in [6.45, 7) is 2.11. The highest BCUT2D eigenvalue weighted by Gasteiger charge is 2.30. The maximum absolute atomic E-state index is 13.0. The van der Waals surface area contributed by atoms with Gasteiger partial charge in [-0.1, -0.05) is 23.7 Å². The fourth-order valence-corrected chi connectivity index (χ4v) is 4.15. The van der Waals surface area contributed by atoms with Gasteiger partial charge in [0.1, 0.15) is 0 Å². The zero-order chi connectivity index (χ0) is 19.2. The van der Waals surface area contributed by atoms with E-state index in [-0.39, 0.29) is 0 Å². The molecule has 0 N–H and O–H groups in total. The number of hydrogen-bond acceptors (Lipinski definition) is 0. The number of fused-ring (bicyclic) bond motifs is 1. The summed E-state index contributed by atoms with van der Waals surface area (Å²) in [5, 5.41) is 0.661. The quantitative estimate of drug-likeness (QED) is 0.444. The molecule has 0 unspecified atom stereocenters. The highest BCUT2D eigenvalue weighted by molar-refractivity contribution is 6.30. The molecule has 0 atom stereocenters. The Labute approximate surface area is 161 Å². The van der Waals surface area contributed by atoms with Gasteiger partial charge in [-0.05, 0) is 85.7 Å². The Morgan fingerprint density at radius 3 is 2.15 bits per heavy atom. The Kier molecular flexibility index (Phi) is 4.55. The molecular weight excluding hydrogens is 371 g/mol. The molecule has 27 heavy (non-hydrogen) atoms. The summed E-state index contributed by atoms with van der Waals surface area (Å²) in [7, 11) is 0. The van der Waals surface area contributed by atoms with Crippen LogP contribution in [0.2, 0.25) is 5.02 Å². The molecule has 0 saturated heterocycles. The standard InChI is InChI=1S/C22H19ClF3N/c1-14-19-4-2-3-5-20(19)27(21(14)15-6-10-17(23)11-7-15)18-12-8-16(9-13-18)22(24,25)26/h6-13H,2-5H2,1H3. The average Bonchev–Trinajstić information content (AvgIpc) is 2.95. The lowest BCUT2D eigenvalue weighted by Gasteiger charge is -2.18. The summed E-state index contributed by atoms with van der Waals surface area (Å²) in [6.07, 6.45) is -0.147. The summed E-state index contributed by atoms with van der Waals surface area (Å²) in [4.78, 5) is 0. The van der Waals surface area contributed by atoms with Crippen LogP contribution in [-0.2, 0) is 19.0 Å². The summed E-state index contributed by atoms with van der Waals surface area (Å²) in [6, 6.07) is 13.1. The molecule has 1 aromatic heterocycles. The molecule has 4 rings (SSSR count). The number of rotatable bonds is 2. The van der Waals surface area contributed by atoms with Crippen molar-refractivity contribution in [3.05, 3.63) is 75.9 Å². The maximum Gasteiger partial charge on any atom is 0.416 e. The first-order valence-corrected chi connectivity index (χ1v) is 9.40. The summed E-state index contributed by atoms with van der Waals surface area (Å²) >= 11 is 6.04. The van der Waals surface area contributed by atoms with Gasteiger partial charge in [-0.3, -0.25) is 0 Å². The molecule has 0 amide bonds. The van der Waals surface area contributed by atoms with Crippen LogP contribution in [0.4, 0.5) is 13.2 Å². The van der Waals surface area contributed by atoms with Gasteiger partial charge >= 0.3 is 6.18 Å². The molecule has 0 fully saturated rings. The minimum absolute atomic E-state index is 0.628. The molecule has 2 aromatic carbocycles. The van der Waals surface area contributed by atoms with E-state index in [9.17, 15) is 13.2 Å². The molecule has 1 heterocycles. The first-order chi connectivity index (χ1) is 12.9. The largest absolute Gasteiger partial charge is 0.416 e. The zero-order valence-corrected chi connectivity index (χ0v) is 15.7. The Hall–Kier alpha value is -2.20. The van der Waals surface area contributed by atoms with E-state index < -0.39 is 11.7 Å². The first kappa shape index (κ1) is 18.2. The fraction of sp³-hybridized carbons (Fsp3) is 0.273. The van der Waals surface area contributed by atoms with Gasteiger partial charge in [-0.2, -0.15) is 13.2 Å². The smallest absolute Gasteiger partial charge is 0.313 e. The molecule has 0 radical (unpaired) electrons. The van der Waals surface area contributed by atoms with Crippen molar-refractivity contribution in [1.82, 2.24) is 4.57 Å². The highest BCUT2D eigenvalue weighted by atomic mass is 35.5. The van der Waals surface area contributed by atoms with Crippen molar-refractivity contribution in [2.45, 2.75) is 38.8 Å². The van der Waals surface area contributed by atoms with Gasteiger partial charge in [-0.15, -0.1) is 0 Å². The van der Waals surface area contributed by atoms with Gasteiger partial charge in [0.2, 0.25) is 0 Å². The van der Waals surface area contributed by atoms with Gasteiger partial charge in [-0.25, -0.2) is 0 Å². The molecule has 5 heteroatoms. The van der Waals surface area contributed by atoms with E-state index >= 15 is 0 Å². The van der Waals surface area contributed by atoms with E-state index in [1.165, 1.54) is 16.8 Å². The molecule has 1 aliphatic carbocycles. The topological polar surface area (TPSA) is 4.93 Å². The van der Waals surface area contributed by atoms with Crippen molar-refractivity contribution in [2.24, 2.45) is 0 Å². The number of hydrogen-bond donors (Lipinski definition) is 0. The van der Waals surface area contributed by atoms with Crippen LogP contribution in [0, 0.1) is 6.92 Å². The normalized spacial score (nSPS) is 14.3. The van der Waals surface area contributed by atoms with Gasteiger partial charge in [0.15, 0.2) is 0 Å². The van der Waals surface area contributed by atoms with Crippen LogP contribution >= 0.6 is 11.6 Å². The van der Waals surface area contributed by atoms with Crippen LogP contribution < -0.4 is 0 Å². The molecule has 0 bridgehead atoms. The minimum Gasteiger partial charge on any atom is -0.313 e. The second-order valence-electron chi connectivity index (χ2n) is 6.99. The Morgan fingerprint density at radius 2 is 1.52 bits per heavy atom. The number of benzene rings is 2. The van der Waals surface area contributed by atoms with E-state index in [1.807, 2.05) is 24.3 Å². The number of nitrogens with zero attached hydrogens (tertiary/aromatic N) is 1. The van der Waals surface area contributed by atoms with Crippen molar-refractivity contribution in [2.75, 3.05) is 0 Å². The monoisotopic (exact) mass is 389 g/mol. The third-order valence-corrected chi connectivity index (χ3v) is 5.56. The highest BCUT2D eigenvalue weighted by Crippen LogP contribution is 2.39. The molecule has 3 aromatic rings. The number of halogens is 4. The van der Waals surface area contributed by atoms with Gasteiger partial charge in [0.05, 0.1) is 11.3 Å². The van der Waals surface area contributed by atoms with Crippen molar-refractivity contribution in [3.63, 3.8) is 0 Å². The van der Waals surface area contributed by atoms with Crippen LogP contribution in [0.3, 0.4) is 0 Å². The predicted molar refractivity (Wildman–Crippen MR) is 103 cm³/mol. The Balaban J connectivity index is 1.92. The van der Waals surface area contributed by atoms with Crippen LogP contribution in [0.15, 0.2) is 48.5 Å². The zero-order valence-electron chi connectivity index (χ0n) is 14.9. The second kappa shape index (κ2) is 6.75. The van der Waals surface area contributed by atoms with Gasteiger partial charge < -0.3 is 4.57 Å². The van der Waals surface area contributed by atoms with E-state index in [0.717, 1.165) is 54.8 Å². The lowest BCUT2D eigenvalue weighted by Crippen LogP contribution is -2.09. The summed E-state index contributed by atoms with van der Waals surface area (Å²) in [5.41, 5.74) is 5.93. The van der Waals surface area contributed by atoms with Crippen LogP contribution in [0.5, 0.6) is 0 Å². The molecule has 1 aliphatic rings. The fourth-order valence-electron chi connectivity index (χ4n) is 4.02. The predicted octanol–water partition coefficient (Wildman–Crippen LogP) is 7.00. The lowest BCUT2D eigenvalue weighted by atomic mass is 9.94. The van der Waals surface area contributed by atoms with E-state index in [0.29, 0.717) is 5.02 Å². The third kappa shape index (κ3) is 3.27. The van der Waals surface area contributed by atoms with Crippen LogP contribution in [0.25, 0.3) is 16.9 Å². The Bertz CT molecular complexity index is 967. The number of alkyl halides is 3. The molecule has 140 valence electrons. The third-order valence-electron chi connectivity index (χ3n) is 5.31. The molecule has 0 spiro atoms. The van der Waals surface area contributed by atoms with Crippen LogP contribution in [-0.4, -0.2) is 4.57 Å². The van der Waals surface area contributed by atoms with Crippen molar-refractivity contribution >= 4 is 11.6 Å². The molecule has 0 saturated carbocycles. The van der Waals surface area contributed by atoms with Gasteiger partial charge in [0.25, 0.3) is 0 Å². The lowest BCUT2D eigenvalue weighted by molar-refractivity contribution is -0.137. The SMILES string of the molecule is Cc1c2c(n(-c3ccc(C(F)(F)F)cc3)c1-c1ccc(Cl)cc1)CCCC2. The van der Waals surface area contributed by atoms with Gasteiger partial charge in [0, 0.05) is 16.4 Å². The molecule has 1 nitrogen and oxygen atoms in total. The molecule has 0 aliphatic heterocycles. The van der Waals surface area contributed by atoms with E-state index in [1.54, 1.807) is 12.1 Å². The van der Waals surface area contributed by atoms with E-state index in [2.05, 4.69) is 11.5 Å². The average molecular weight is 390 g/mol. The Morgan fingerprint density at radius 1 is 0.889 bits per heavy atom. The van der Waals surface area contributed by atoms with Crippen LogP contribution in [0.1, 0.15) is 35.2 Å². The molecular formula is C22H19ClF3N. The summed E-state index contributed by atoms with van der Waals surface area (Å²) < 4.78 is 41.0. The van der Waals surface area contributed by atoms with E-state index in [4.69, 9.17) is 11.6 Å². The minimum atomic E-state index is -4.33. The first-order valence-electron chi connectivity index (χ1n) is 9.03. The number of aromatic nitrogens is 1. The summed E-state index contributed by atoms with van der Waals surface area (Å²) in [5.74, 6) is 0.